The number of carbonyl (C=O) groups excluding carboxylic acids is 1. The predicted molar refractivity (Wildman–Crippen MR) is 89.3 cm³/mol. The molecule has 1 atom stereocenters. The molecule has 2 aromatic rings. The van der Waals surface area contributed by atoms with Crippen molar-refractivity contribution in [3.8, 4) is 11.1 Å². The van der Waals surface area contributed by atoms with Crippen LogP contribution in [0.5, 0.6) is 0 Å². The Morgan fingerprint density at radius 1 is 1.26 bits per heavy atom. The first kappa shape index (κ1) is 17.1. The van der Waals surface area contributed by atoms with Crippen molar-refractivity contribution >= 4 is 5.91 Å². The molecule has 1 unspecified atom stereocenters. The van der Waals surface area contributed by atoms with E-state index in [-0.39, 0.29) is 19.1 Å². The fraction of sp³-hybridized carbons (Fsp3) is 0.333. The fourth-order valence-electron chi connectivity index (χ4n) is 2.33. The van der Waals surface area contributed by atoms with Crippen molar-refractivity contribution in [1.29, 1.82) is 0 Å². The molecule has 23 heavy (non-hydrogen) atoms. The fourth-order valence-corrected chi connectivity index (χ4v) is 2.33. The van der Waals surface area contributed by atoms with Crippen molar-refractivity contribution in [2.45, 2.75) is 13.0 Å². The predicted octanol–water partition coefficient (Wildman–Crippen LogP) is 2.14. The van der Waals surface area contributed by atoms with Gasteiger partial charge in [-0.25, -0.2) is 0 Å². The molecule has 1 amide bonds. The molecule has 5 heteroatoms. The highest BCUT2D eigenvalue weighted by atomic mass is 16.5. The van der Waals surface area contributed by atoms with E-state index < -0.39 is 6.10 Å². The molecule has 122 valence electrons. The molecule has 0 fully saturated rings. The first-order chi connectivity index (χ1) is 11.0. The van der Waals surface area contributed by atoms with Gasteiger partial charge in [-0.05, 0) is 18.6 Å². The number of nitrogens with zero attached hydrogens (tertiary/aromatic N) is 2. The molecule has 0 aliphatic rings. The molecular weight excluding hydrogens is 292 g/mol. The van der Waals surface area contributed by atoms with E-state index in [1.54, 1.807) is 19.4 Å². The maximum absolute atomic E-state index is 12.5. The number of aliphatic hydroxyl groups is 1. The zero-order chi connectivity index (χ0) is 16.8. The molecule has 1 N–H and O–H groups in total. The molecule has 2 rings (SSSR count). The van der Waals surface area contributed by atoms with E-state index >= 15 is 0 Å². The number of rotatable bonds is 6. The van der Waals surface area contributed by atoms with Crippen LogP contribution in [0.4, 0.5) is 0 Å². The highest BCUT2D eigenvalue weighted by Gasteiger charge is 2.16. The van der Waals surface area contributed by atoms with Crippen LogP contribution in [0.2, 0.25) is 0 Å². The molecule has 1 aromatic heterocycles. The average Bonchev–Trinajstić information content (AvgIpc) is 2.55. The highest BCUT2D eigenvalue weighted by molar-refractivity contribution is 5.94. The smallest absolute Gasteiger partial charge is 0.255 e. The van der Waals surface area contributed by atoms with Crippen LogP contribution in [0.1, 0.15) is 15.9 Å². The van der Waals surface area contributed by atoms with E-state index in [1.165, 1.54) is 17.6 Å². The van der Waals surface area contributed by atoms with E-state index in [4.69, 9.17) is 4.74 Å². The second-order valence-corrected chi connectivity index (χ2v) is 5.62. The van der Waals surface area contributed by atoms with Crippen molar-refractivity contribution in [2.75, 3.05) is 27.3 Å². The number of aromatic nitrogens is 1. The Labute approximate surface area is 136 Å². The number of pyridine rings is 1. The van der Waals surface area contributed by atoms with Crippen molar-refractivity contribution in [3.63, 3.8) is 0 Å². The number of likely N-dealkylation sites (N-methyl/N-ethyl adjacent to an activating group) is 1. The number of aryl methyl sites for hydroxylation is 1. The Balaban J connectivity index is 2.15. The molecule has 0 aliphatic heterocycles. The van der Waals surface area contributed by atoms with Gasteiger partial charge in [-0.2, -0.15) is 0 Å². The number of ether oxygens (including phenoxy) is 1. The van der Waals surface area contributed by atoms with Gasteiger partial charge < -0.3 is 14.7 Å². The van der Waals surface area contributed by atoms with Gasteiger partial charge in [0.25, 0.3) is 5.91 Å². The van der Waals surface area contributed by atoms with Gasteiger partial charge in [-0.15, -0.1) is 0 Å². The van der Waals surface area contributed by atoms with E-state index in [2.05, 4.69) is 4.98 Å². The molecule has 1 aromatic carbocycles. The maximum Gasteiger partial charge on any atom is 0.255 e. The maximum atomic E-state index is 12.5. The van der Waals surface area contributed by atoms with Crippen LogP contribution in [0.15, 0.2) is 42.7 Å². The standard InChI is InChI=1S/C18H22N2O3/c1-13-4-6-14(7-5-13)15-8-16(10-19-9-15)18(22)20(2)11-17(21)12-23-3/h4-10,17,21H,11-12H2,1-3H3. The van der Waals surface area contributed by atoms with Gasteiger partial charge in [0.1, 0.15) is 0 Å². The summed E-state index contributed by atoms with van der Waals surface area (Å²) in [6.07, 6.45) is 2.57. The SMILES string of the molecule is COCC(O)CN(C)C(=O)c1cncc(-c2ccc(C)cc2)c1. The number of carbonyl (C=O) groups is 1. The zero-order valence-electron chi connectivity index (χ0n) is 13.7. The minimum Gasteiger partial charge on any atom is -0.389 e. The van der Waals surface area contributed by atoms with Crippen molar-refractivity contribution in [2.24, 2.45) is 0 Å². The van der Waals surface area contributed by atoms with Crippen molar-refractivity contribution in [3.05, 3.63) is 53.9 Å². The number of hydrogen-bond donors (Lipinski definition) is 1. The summed E-state index contributed by atoms with van der Waals surface area (Å²) in [5, 5.41) is 9.74. The van der Waals surface area contributed by atoms with E-state index in [0.717, 1.165) is 11.1 Å². The van der Waals surface area contributed by atoms with Gasteiger partial charge >= 0.3 is 0 Å². The van der Waals surface area contributed by atoms with E-state index in [0.29, 0.717) is 5.56 Å². The van der Waals surface area contributed by atoms with Gasteiger partial charge in [0, 0.05) is 38.7 Å². The minimum atomic E-state index is -0.706. The Kier molecular flexibility index (Phi) is 5.84. The van der Waals surface area contributed by atoms with Crippen LogP contribution >= 0.6 is 0 Å². The lowest BCUT2D eigenvalue weighted by molar-refractivity contribution is 0.0380. The Bertz CT molecular complexity index is 656. The second kappa shape index (κ2) is 7.85. The molecule has 0 spiro atoms. The summed E-state index contributed by atoms with van der Waals surface area (Å²) >= 11 is 0. The Hall–Kier alpha value is -2.24. The van der Waals surface area contributed by atoms with Gasteiger partial charge in [0.05, 0.1) is 18.3 Å². The monoisotopic (exact) mass is 314 g/mol. The lowest BCUT2D eigenvalue weighted by Crippen LogP contribution is -2.36. The highest BCUT2D eigenvalue weighted by Crippen LogP contribution is 2.20. The summed E-state index contributed by atoms with van der Waals surface area (Å²) in [5.41, 5.74) is 3.58. The summed E-state index contributed by atoms with van der Waals surface area (Å²) in [7, 11) is 3.17. The molecule has 0 saturated heterocycles. The lowest BCUT2D eigenvalue weighted by atomic mass is 10.0. The quantitative estimate of drug-likeness (QED) is 0.887. The van der Waals surface area contributed by atoms with E-state index in [9.17, 15) is 9.90 Å². The average molecular weight is 314 g/mol. The number of benzene rings is 1. The molecule has 0 saturated carbocycles. The van der Waals surface area contributed by atoms with Gasteiger partial charge in [0.2, 0.25) is 0 Å². The normalized spacial score (nSPS) is 12.0. The van der Waals surface area contributed by atoms with Gasteiger partial charge in [0.15, 0.2) is 0 Å². The second-order valence-electron chi connectivity index (χ2n) is 5.62. The lowest BCUT2D eigenvalue weighted by Gasteiger charge is -2.20. The van der Waals surface area contributed by atoms with Gasteiger partial charge in [-0.1, -0.05) is 29.8 Å². The Morgan fingerprint density at radius 2 is 1.96 bits per heavy atom. The molecule has 5 nitrogen and oxygen atoms in total. The number of hydrogen-bond acceptors (Lipinski definition) is 4. The molecule has 1 heterocycles. The number of methoxy groups -OCH3 is 1. The van der Waals surface area contributed by atoms with Crippen LogP contribution in [-0.2, 0) is 4.74 Å². The number of aliphatic hydroxyl groups excluding tert-OH is 1. The molecule has 0 radical (unpaired) electrons. The zero-order valence-corrected chi connectivity index (χ0v) is 13.7. The summed E-state index contributed by atoms with van der Waals surface area (Å²) in [4.78, 5) is 18.1. The van der Waals surface area contributed by atoms with Crippen LogP contribution in [-0.4, -0.2) is 54.3 Å². The summed E-state index contributed by atoms with van der Waals surface area (Å²) in [6.45, 7) is 2.43. The minimum absolute atomic E-state index is 0.179. The molecule has 0 bridgehead atoms. The third-order valence-electron chi connectivity index (χ3n) is 3.56. The van der Waals surface area contributed by atoms with E-state index in [1.807, 2.05) is 37.3 Å². The first-order valence-corrected chi connectivity index (χ1v) is 7.46. The van der Waals surface area contributed by atoms with Crippen LogP contribution < -0.4 is 0 Å². The van der Waals surface area contributed by atoms with Gasteiger partial charge in [-0.3, -0.25) is 9.78 Å². The van der Waals surface area contributed by atoms with Crippen LogP contribution in [0, 0.1) is 6.92 Å². The topological polar surface area (TPSA) is 62.7 Å². The summed E-state index contributed by atoms with van der Waals surface area (Å²) in [5.74, 6) is -0.179. The summed E-state index contributed by atoms with van der Waals surface area (Å²) < 4.78 is 4.88. The van der Waals surface area contributed by atoms with Crippen LogP contribution in [0.3, 0.4) is 0 Å². The molecule has 0 aliphatic carbocycles. The number of amides is 1. The van der Waals surface area contributed by atoms with Crippen molar-refractivity contribution < 1.29 is 14.6 Å². The third-order valence-corrected chi connectivity index (χ3v) is 3.56. The summed E-state index contributed by atoms with van der Waals surface area (Å²) in [6, 6.07) is 9.88. The third kappa shape index (κ3) is 4.61. The van der Waals surface area contributed by atoms with Crippen LogP contribution in [0.25, 0.3) is 11.1 Å². The van der Waals surface area contributed by atoms with Crippen molar-refractivity contribution in [1.82, 2.24) is 9.88 Å². The largest absolute Gasteiger partial charge is 0.389 e. The first-order valence-electron chi connectivity index (χ1n) is 7.46. The molecular formula is C18H22N2O3. The Morgan fingerprint density at radius 3 is 2.61 bits per heavy atom.